The molecule has 2 rings (SSSR count). The standard InChI is InChI=1S/C17H20N2O2/c1-12(20)13-4-8-15(9-5-13)18-17(21)14-6-10-16(11-7-14)19(2)3/h4-12,20H,1-3H3,(H,18,21). The Hall–Kier alpha value is -2.33. The summed E-state index contributed by atoms with van der Waals surface area (Å²) < 4.78 is 0. The molecule has 4 nitrogen and oxygen atoms in total. The molecule has 4 heteroatoms. The molecule has 1 amide bonds. The Bertz CT molecular complexity index is 602. The summed E-state index contributed by atoms with van der Waals surface area (Å²) in [5.74, 6) is -0.148. The van der Waals surface area contributed by atoms with E-state index in [1.807, 2.05) is 31.1 Å². The lowest BCUT2D eigenvalue weighted by atomic mass is 10.1. The van der Waals surface area contributed by atoms with Crippen LogP contribution >= 0.6 is 0 Å². The largest absolute Gasteiger partial charge is 0.389 e. The van der Waals surface area contributed by atoms with Crippen LogP contribution < -0.4 is 10.2 Å². The first-order chi connectivity index (χ1) is 9.97. The van der Waals surface area contributed by atoms with Crippen LogP contribution in [0.4, 0.5) is 11.4 Å². The molecule has 0 aliphatic rings. The second-order valence-corrected chi connectivity index (χ2v) is 5.19. The summed E-state index contributed by atoms with van der Waals surface area (Å²) >= 11 is 0. The first-order valence-electron chi connectivity index (χ1n) is 6.84. The molecular formula is C17H20N2O2. The summed E-state index contributed by atoms with van der Waals surface area (Å²) in [6.45, 7) is 1.71. The average molecular weight is 284 g/mol. The predicted octanol–water partition coefficient (Wildman–Crippen LogP) is 3.06. The molecule has 1 unspecified atom stereocenters. The molecule has 0 fully saturated rings. The first kappa shape index (κ1) is 15.1. The molecule has 0 saturated carbocycles. The van der Waals surface area contributed by atoms with Gasteiger partial charge in [0.2, 0.25) is 0 Å². The van der Waals surface area contributed by atoms with Gasteiger partial charge in [-0.1, -0.05) is 12.1 Å². The van der Waals surface area contributed by atoms with Crippen LogP contribution in [-0.4, -0.2) is 25.1 Å². The van der Waals surface area contributed by atoms with Crippen molar-refractivity contribution in [1.29, 1.82) is 0 Å². The lowest BCUT2D eigenvalue weighted by Gasteiger charge is -2.13. The average Bonchev–Trinajstić information content (AvgIpc) is 2.47. The van der Waals surface area contributed by atoms with Crippen molar-refractivity contribution in [2.75, 3.05) is 24.3 Å². The Morgan fingerprint density at radius 2 is 1.62 bits per heavy atom. The fourth-order valence-corrected chi connectivity index (χ4v) is 1.96. The molecular weight excluding hydrogens is 264 g/mol. The minimum absolute atomic E-state index is 0.148. The summed E-state index contributed by atoms with van der Waals surface area (Å²) in [5.41, 5.74) is 3.19. The molecule has 0 saturated heterocycles. The molecule has 2 aromatic carbocycles. The fourth-order valence-electron chi connectivity index (χ4n) is 1.96. The molecule has 0 aliphatic carbocycles. The van der Waals surface area contributed by atoms with Crippen LogP contribution in [0.25, 0.3) is 0 Å². The number of hydrogen-bond acceptors (Lipinski definition) is 3. The SMILES string of the molecule is CC(O)c1ccc(NC(=O)c2ccc(N(C)C)cc2)cc1. The molecule has 2 N–H and O–H groups in total. The predicted molar refractivity (Wildman–Crippen MR) is 85.8 cm³/mol. The highest BCUT2D eigenvalue weighted by atomic mass is 16.3. The number of aliphatic hydroxyl groups is 1. The number of hydrogen-bond donors (Lipinski definition) is 2. The number of carbonyl (C=O) groups is 1. The van der Waals surface area contributed by atoms with Crippen molar-refractivity contribution >= 4 is 17.3 Å². The molecule has 0 radical (unpaired) electrons. The monoisotopic (exact) mass is 284 g/mol. The maximum Gasteiger partial charge on any atom is 0.255 e. The highest BCUT2D eigenvalue weighted by Crippen LogP contribution is 2.17. The van der Waals surface area contributed by atoms with E-state index in [4.69, 9.17) is 0 Å². The molecule has 21 heavy (non-hydrogen) atoms. The van der Waals surface area contributed by atoms with Gasteiger partial charge in [-0.2, -0.15) is 0 Å². The Balaban J connectivity index is 2.06. The number of carbonyl (C=O) groups excluding carboxylic acids is 1. The van der Waals surface area contributed by atoms with E-state index in [0.717, 1.165) is 11.3 Å². The minimum atomic E-state index is -0.506. The topological polar surface area (TPSA) is 52.6 Å². The zero-order valence-electron chi connectivity index (χ0n) is 12.5. The molecule has 0 bridgehead atoms. The number of anilines is 2. The molecule has 0 aromatic heterocycles. The van der Waals surface area contributed by atoms with Gasteiger partial charge in [0, 0.05) is 31.0 Å². The zero-order chi connectivity index (χ0) is 15.4. The molecule has 0 aliphatic heterocycles. The van der Waals surface area contributed by atoms with Gasteiger partial charge < -0.3 is 15.3 Å². The van der Waals surface area contributed by atoms with Crippen LogP contribution in [0.15, 0.2) is 48.5 Å². The third-order valence-electron chi connectivity index (χ3n) is 3.30. The Morgan fingerprint density at radius 3 is 2.10 bits per heavy atom. The van der Waals surface area contributed by atoms with Crippen LogP contribution in [0.1, 0.15) is 28.9 Å². The van der Waals surface area contributed by atoms with Gasteiger partial charge in [-0.15, -0.1) is 0 Å². The first-order valence-corrected chi connectivity index (χ1v) is 6.84. The van der Waals surface area contributed by atoms with Crippen molar-refractivity contribution in [2.24, 2.45) is 0 Å². The van der Waals surface area contributed by atoms with Crippen LogP contribution in [0.2, 0.25) is 0 Å². The van der Waals surface area contributed by atoms with Crippen molar-refractivity contribution in [1.82, 2.24) is 0 Å². The number of aliphatic hydroxyl groups excluding tert-OH is 1. The maximum atomic E-state index is 12.1. The summed E-state index contributed by atoms with van der Waals surface area (Å²) in [6, 6.07) is 14.6. The summed E-state index contributed by atoms with van der Waals surface area (Å²) in [5, 5.41) is 12.3. The van der Waals surface area contributed by atoms with Gasteiger partial charge in [0.1, 0.15) is 0 Å². The van der Waals surface area contributed by atoms with Crippen LogP contribution in [0.3, 0.4) is 0 Å². The molecule has 1 atom stereocenters. The number of nitrogens with one attached hydrogen (secondary N) is 1. The third kappa shape index (κ3) is 3.83. The lowest BCUT2D eigenvalue weighted by Crippen LogP contribution is -2.13. The smallest absolute Gasteiger partial charge is 0.255 e. The number of benzene rings is 2. The number of nitrogens with zero attached hydrogens (tertiary/aromatic N) is 1. The van der Waals surface area contributed by atoms with E-state index < -0.39 is 6.10 Å². The van der Waals surface area contributed by atoms with E-state index in [1.165, 1.54) is 0 Å². The highest BCUT2D eigenvalue weighted by molar-refractivity contribution is 6.04. The van der Waals surface area contributed by atoms with Gasteiger partial charge in [-0.3, -0.25) is 4.79 Å². The summed E-state index contributed by atoms with van der Waals surface area (Å²) in [4.78, 5) is 14.1. The van der Waals surface area contributed by atoms with Crippen molar-refractivity contribution in [2.45, 2.75) is 13.0 Å². The molecule has 0 spiro atoms. The van der Waals surface area contributed by atoms with E-state index in [0.29, 0.717) is 11.3 Å². The summed E-state index contributed by atoms with van der Waals surface area (Å²) in [7, 11) is 3.91. The van der Waals surface area contributed by atoms with E-state index in [1.54, 1.807) is 43.3 Å². The minimum Gasteiger partial charge on any atom is -0.389 e. The number of amides is 1. The van der Waals surface area contributed by atoms with Crippen LogP contribution in [0.5, 0.6) is 0 Å². The second kappa shape index (κ2) is 6.41. The van der Waals surface area contributed by atoms with Gasteiger partial charge >= 0.3 is 0 Å². The number of rotatable bonds is 4. The highest BCUT2D eigenvalue weighted by Gasteiger charge is 2.07. The van der Waals surface area contributed by atoms with E-state index >= 15 is 0 Å². The van der Waals surface area contributed by atoms with E-state index in [-0.39, 0.29) is 5.91 Å². The molecule has 110 valence electrons. The van der Waals surface area contributed by atoms with Gasteiger partial charge in [-0.05, 0) is 48.9 Å². The Labute approximate surface area is 125 Å². The third-order valence-corrected chi connectivity index (χ3v) is 3.30. The quantitative estimate of drug-likeness (QED) is 0.907. The van der Waals surface area contributed by atoms with Crippen LogP contribution in [0, 0.1) is 0 Å². The van der Waals surface area contributed by atoms with Gasteiger partial charge in [-0.25, -0.2) is 0 Å². The summed E-state index contributed by atoms with van der Waals surface area (Å²) in [6.07, 6.45) is -0.506. The maximum absolute atomic E-state index is 12.1. The van der Waals surface area contributed by atoms with Crippen LogP contribution in [-0.2, 0) is 0 Å². The normalized spacial score (nSPS) is 11.8. The Kier molecular flexibility index (Phi) is 4.60. The van der Waals surface area contributed by atoms with Gasteiger partial charge in [0.25, 0.3) is 5.91 Å². The zero-order valence-corrected chi connectivity index (χ0v) is 12.5. The van der Waals surface area contributed by atoms with Gasteiger partial charge in [0.15, 0.2) is 0 Å². The van der Waals surface area contributed by atoms with Crippen molar-refractivity contribution in [3.8, 4) is 0 Å². The lowest BCUT2D eigenvalue weighted by molar-refractivity contribution is 0.102. The van der Waals surface area contributed by atoms with Crippen molar-refractivity contribution in [3.05, 3.63) is 59.7 Å². The van der Waals surface area contributed by atoms with Crippen molar-refractivity contribution < 1.29 is 9.90 Å². The molecule has 2 aromatic rings. The van der Waals surface area contributed by atoms with Gasteiger partial charge in [0.05, 0.1) is 6.10 Å². The second-order valence-electron chi connectivity index (χ2n) is 5.19. The van der Waals surface area contributed by atoms with E-state index in [9.17, 15) is 9.90 Å². The van der Waals surface area contributed by atoms with Crippen molar-refractivity contribution in [3.63, 3.8) is 0 Å². The fraction of sp³-hybridized carbons (Fsp3) is 0.235. The Morgan fingerprint density at radius 1 is 1.05 bits per heavy atom. The van der Waals surface area contributed by atoms with E-state index in [2.05, 4.69) is 5.32 Å². The molecule has 0 heterocycles.